The van der Waals surface area contributed by atoms with Crippen molar-refractivity contribution in [3.8, 4) is 0 Å². The molecule has 0 atom stereocenters. The molecule has 0 spiro atoms. The summed E-state index contributed by atoms with van der Waals surface area (Å²) in [7, 11) is 0. The molecule has 2 aromatic heterocycles. The highest BCUT2D eigenvalue weighted by molar-refractivity contribution is 6.09. The normalized spacial score (nSPS) is 13.6. The third-order valence-electron chi connectivity index (χ3n) is 3.06. The zero-order valence-electron chi connectivity index (χ0n) is 12.3. The number of nitrogens with zero attached hydrogens (tertiary/aromatic N) is 5. The summed E-state index contributed by atoms with van der Waals surface area (Å²) in [5.74, 6) is 1.11. The number of hydrazine groups is 1. The lowest BCUT2D eigenvalue weighted by Gasteiger charge is -2.26. The van der Waals surface area contributed by atoms with Crippen molar-refractivity contribution in [2.24, 2.45) is 10.2 Å². The fourth-order valence-electron chi connectivity index (χ4n) is 2.08. The van der Waals surface area contributed by atoms with Crippen molar-refractivity contribution < 1.29 is 9.13 Å². The Morgan fingerprint density at radius 2 is 2.04 bits per heavy atom. The van der Waals surface area contributed by atoms with E-state index >= 15 is 0 Å². The average molecular weight is 314 g/mol. The Hall–Kier alpha value is -2.87. The van der Waals surface area contributed by atoms with Crippen molar-refractivity contribution >= 4 is 18.0 Å². The van der Waals surface area contributed by atoms with Gasteiger partial charge in [0, 0.05) is 18.0 Å². The first-order valence-corrected chi connectivity index (χ1v) is 7.05. The third kappa shape index (κ3) is 3.49. The molecule has 0 unspecified atom stereocenters. The van der Waals surface area contributed by atoms with Gasteiger partial charge in [0.15, 0.2) is 5.82 Å². The number of alkyl halides is 1. The van der Waals surface area contributed by atoms with Crippen LogP contribution >= 0.6 is 0 Å². The second kappa shape index (κ2) is 7.41. The predicted molar refractivity (Wildman–Crippen MR) is 84.7 cm³/mol. The van der Waals surface area contributed by atoms with Crippen molar-refractivity contribution in [2.75, 3.05) is 18.3 Å². The summed E-state index contributed by atoms with van der Waals surface area (Å²) in [5.41, 5.74) is 4.44. The molecule has 7 nitrogen and oxygen atoms in total. The fraction of sp³-hybridized carbons (Fsp3) is 0.200. The maximum Gasteiger partial charge on any atom is 0.201 e. The summed E-state index contributed by atoms with van der Waals surface area (Å²) in [5, 5.41) is 9.69. The molecule has 1 N–H and O–H groups in total. The predicted octanol–water partition coefficient (Wildman–Crippen LogP) is 1.68. The van der Waals surface area contributed by atoms with Crippen LogP contribution in [-0.4, -0.2) is 35.4 Å². The number of nitrogens with one attached hydrogen (secondary N) is 1. The van der Waals surface area contributed by atoms with E-state index in [4.69, 9.17) is 4.74 Å². The van der Waals surface area contributed by atoms with E-state index in [0.29, 0.717) is 17.3 Å². The molecule has 3 rings (SSSR count). The maximum atomic E-state index is 12.2. The van der Waals surface area contributed by atoms with Gasteiger partial charge in [-0.3, -0.25) is 10.4 Å². The first-order valence-electron chi connectivity index (χ1n) is 7.05. The summed E-state index contributed by atoms with van der Waals surface area (Å²) in [6.45, 7) is -0.229. The average Bonchev–Trinajstić information content (AvgIpc) is 2.63. The highest BCUT2D eigenvalue weighted by Crippen LogP contribution is 2.20. The number of ether oxygens (including phenoxy) is 1. The number of rotatable bonds is 6. The Bertz CT molecular complexity index is 706. The maximum absolute atomic E-state index is 12.2. The van der Waals surface area contributed by atoms with E-state index in [0.717, 1.165) is 5.56 Å². The first-order chi connectivity index (χ1) is 11.4. The minimum atomic E-state index is -0.523. The van der Waals surface area contributed by atoms with Crippen LogP contribution in [-0.2, 0) is 11.3 Å². The molecular formula is C15H15FN6O. The summed E-state index contributed by atoms with van der Waals surface area (Å²) in [6.07, 6.45) is 4.79. The van der Waals surface area contributed by atoms with Crippen molar-refractivity contribution in [3.05, 3.63) is 54.0 Å². The topological polar surface area (TPSA) is 75.0 Å². The standard InChI is InChI=1S/C15H15FN6O/c16-6-9-23-10-12-4-3-8-18-14(12)22-15(21-19-11-20-22)13-5-1-2-7-17-13/h1-5,7-8,11H,6,9-10H2,(H,19,20). The van der Waals surface area contributed by atoms with E-state index in [1.165, 1.54) is 6.34 Å². The van der Waals surface area contributed by atoms with Crippen LogP contribution in [0.5, 0.6) is 0 Å². The van der Waals surface area contributed by atoms with E-state index in [1.54, 1.807) is 23.5 Å². The molecule has 8 heteroatoms. The number of amidine groups is 1. The molecule has 0 fully saturated rings. The van der Waals surface area contributed by atoms with Crippen molar-refractivity contribution in [3.63, 3.8) is 0 Å². The molecule has 1 aliphatic rings. The quantitative estimate of drug-likeness (QED) is 0.821. The molecule has 23 heavy (non-hydrogen) atoms. The highest BCUT2D eigenvalue weighted by Gasteiger charge is 2.22. The first kappa shape index (κ1) is 15.0. The molecule has 2 aromatic rings. The summed E-state index contributed by atoms with van der Waals surface area (Å²) < 4.78 is 17.5. The van der Waals surface area contributed by atoms with E-state index in [2.05, 4.69) is 25.6 Å². The number of hydrogen-bond acceptors (Lipinski definition) is 7. The Morgan fingerprint density at radius 1 is 1.13 bits per heavy atom. The van der Waals surface area contributed by atoms with Gasteiger partial charge in [0.25, 0.3) is 0 Å². The van der Waals surface area contributed by atoms with Gasteiger partial charge in [0.05, 0.1) is 13.2 Å². The van der Waals surface area contributed by atoms with Crippen LogP contribution in [0.4, 0.5) is 10.2 Å². The van der Waals surface area contributed by atoms with Gasteiger partial charge in [-0.1, -0.05) is 12.1 Å². The van der Waals surface area contributed by atoms with Crippen LogP contribution in [0.15, 0.2) is 52.9 Å². The van der Waals surface area contributed by atoms with Gasteiger partial charge >= 0.3 is 0 Å². The SMILES string of the molecule is FCCOCc1cccnc1N1NC=NN=C1c1ccccn1. The number of hydrogen-bond donors (Lipinski definition) is 1. The summed E-state index contributed by atoms with van der Waals surface area (Å²) >= 11 is 0. The van der Waals surface area contributed by atoms with Crippen LogP contribution in [0.1, 0.15) is 11.3 Å². The third-order valence-corrected chi connectivity index (χ3v) is 3.06. The molecular weight excluding hydrogens is 299 g/mol. The van der Waals surface area contributed by atoms with Gasteiger partial charge < -0.3 is 4.74 Å². The molecule has 0 aromatic carbocycles. The second-order valence-corrected chi connectivity index (χ2v) is 4.58. The monoisotopic (exact) mass is 314 g/mol. The molecule has 0 saturated carbocycles. The Morgan fingerprint density at radius 3 is 2.87 bits per heavy atom. The van der Waals surface area contributed by atoms with Crippen LogP contribution < -0.4 is 10.4 Å². The molecule has 3 heterocycles. The van der Waals surface area contributed by atoms with Gasteiger partial charge in [0.1, 0.15) is 18.7 Å². The lowest BCUT2D eigenvalue weighted by Crippen LogP contribution is -2.46. The molecule has 0 saturated heterocycles. The summed E-state index contributed by atoms with van der Waals surface area (Å²) in [4.78, 5) is 8.66. The second-order valence-electron chi connectivity index (χ2n) is 4.58. The van der Waals surface area contributed by atoms with E-state index < -0.39 is 6.67 Å². The number of anilines is 1. The molecule has 0 radical (unpaired) electrons. The molecule has 0 aliphatic carbocycles. The van der Waals surface area contributed by atoms with Gasteiger partial charge in [-0.15, -0.1) is 10.2 Å². The number of halogens is 1. The molecule has 0 amide bonds. The van der Waals surface area contributed by atoms with Gasteiger partial charge in [-0.2, -0.15) is 0 Å². The van der Waals surface area contributed by atoms with Gasteiger partial charge in [-0.25, -0.2) is 14.4 Å². The van der Waals surface area contributed by atoms with Crippen LogP contribution in [0.25, 0.3) is 0 Å². The molecule has 1 aliphatic heterocycles. The number of pyridine rings is 2. The van der Waals surface area contributed by atoms with Gasteiger partial charge in [-0.05, 0) is 18.2 Å². The number of aromatic nitrogens is 2. The zero-order valence-corrected chi connectivity index (χ0v) is 12.3. The Balaban J connectivity index is 1.91. The van der Waals surface area contributed by atoms with Crippen LogP contribution in [0, 0.1) is 0 Å². The molecule has 118 valence electrons. The lowest BCUT2D eigenvalue weighted by atomic mass is 10.2. The zero-order chi connectivity index (χ0) is 15.9. The van der Waals surface area contributed by atoms with Crippen molar-refractivity contribution in [1.29, 1.82) is 0 Å². The van der Waals surface area contributed by atoms with E-state index in [9.17, 15) is 4.39 Å². The summed E-state index contributed by atoms with van der Waals surface area (Å²) in [6, 6.07) is 9.18. The van der Waals surface area contributed by atoms with E-state index in [-0.39, 0.29) is 13.2 Å². The minimum Gasteiger partial charge on any atom is -0.374 e. The van der Waals surface area contributed by atoms with E-state index in [1.807, 2.05) is 24.3 Å². The van der Waals surface area contributed by atoms with Gasteiger partial charge in [0.2, 0.25) is 5.84 Å². The van der Waals surface area contributed by atoms with Crippen LogP contribution in [0.3, 0.4) is 0 Å². The highest BCUT2D eigenvalue weighted by atomic mass is 19.1. The van der Waals surface area contributed by atoms with Crippen molar-refractivity contribution in [2.45, 2.75) is 6.61 Å². The lowest BCUT2D eigenvalue weighted by molar-refractivity contribution is 0.106. The fourth-order valence-corrected chi connectivity index (χ4v) is 2.08. The molecule has 0 bridgehead atoms. The Labute approximate surface area is 132 Å². The van der Waals surface area contributed by atoms with Crippen LogP contribution in [0.2, 0.25) is 0 Å². The van der Waals surface area contributed by atoms with Crippen molar-refractivity contribution in [1.82, 2.24) is 15.4 Å². The smallest absolute Gasteiger partial charge is 0.201 e. The Kier molecular flexibility index (Phi) is 4.85. The minimum absolute atomic E-state index is 0.0460. The largest absolute Gasteiger partial charge is 0.374 e.